The van der Waals surface area contributed by atoms with Crippen LogP contribution in [-0.2, 0) is 5.41 Å². The Labute approximate surface area is 72.8 Å². The molecule has 64 valence electrons. The van der Waals surface area contributed by atoms with E-state index in [-0.39, 0.29) is 5.41 Å². The van der Waals surface area contributed by atoms with E-state index in [1.54, 1.807) is 6.07 Å². The van der Waals surface area contributed by atoms with Crippen molar-refractivity contribution in [2.75, 3.05) is 0 Å². The van der Waals surface area contributed by atoms with E-state index in [1.807, 2.05) is 27.7 Å². The molecule has 2 heteroatoms. The molecule has 2 nitrogen and oxygen atoms in total. The van der Waals surface area contributed by atoms with E-state index in [1.165, 1.54) is 0 Å². The molecule has 0 saturated carbocycles. The van der Waals surface area contributed by atoms with Gasteiger partial charge >= 0.3 is 0 Å². The number of aryl methyl sites for hydroxylation is 1. The van der Waals surface area contributed by atoms with Crippen LogP contribution in [0.4, 0.5) is 0 Å². The average molecular weight is 163 g/mol. The first-order valence-corrected chi connectivity index (χ1v) is 3.96. The van der Waals surface area contributed by atoms with Crippen LogP contribution in [0, 0.1) is 18.3 Å². The lowest BCUT2D eigenvalue weighted by molar-refractivity contribution is 0.394. The van der Waals surface area contributed by atoms with Gasteiger partial charge in [0.2, 0.25) is 0 Å². The molecule has 1 rings (SSSR count). The van der Waals surface area contributed by atoms with E-state index >= 15 is 0 Å². The minimum atomic E-state index is -0.0840. The second-order valence-corrected chi connectivity index (χ2v) is 3.96. The van der Waals surface area contributed by atoms with Crippen molar-refractivity contribution in [3.63, 3.8) is 0 Å². The molecule has 0 unspecified atom stereocenters. The molecule has 0 fully saturated rings. The fourth-order valence-corrected chi connectivity index (χ4v) is 1.15. The van der Waals surface area contributed by atoms with Crippen molar-refractivity contribution in [2.45, 2.75) is 33.1 Å². The molecule has 0 amide bonds. The molecular formula is C10H13NO. The average Bonchev–Trinajstić information content (AvgIpc) is 2.29. The van der Waals surface area contributed by atoms with Crippen LogP contribution < -0.4 is 0 Å². The summed E-state index contributed by atoms with van der Waals surface area (Å²) in [5.41, 5.74) is 0.569. The maximum absolute atomic E-state index is 8.79. The Balaban J connectivity index is 3.25. The van der Waals surface area contributed by atoms with Gasteiger partial charge in [0, 0.05) is 5.41 Å². The molecular weight excluding hydrogens is 150 g/mol. The topological polar surface area (TPSA) is 36.9 Å². The van der Waals surface area contributed by atoms with Crippen molar-refractivity contribution in [1.82, 2.24) is 0 Å². The molecule has 0 saturated heterocycles. The van der Waals surface area contributed by atoms with Crippen LogP contribution in [0.1, 0.15) is 37.9 Å². The van der Waals surface area contributed by atoms with Gasteiger partial charge in [-0.15, -0.1) is 0 Å². The van der Waals surface area contributed by atoms with Gasteiger partial charge in [-0.1, -0.05) is 20.8 Å². The highest BCUT2D eigenvalue weighted by atomic mass is 16.3. The van der Waals surface area contributed by atoms with E-state index in [4.69, 9.17) is 9.68 Å². The van der Waals surface area contributed by atoms with Gasteiger partial charge in [-0.2, -0.15) is 5.26 Å². The first kappa shape index (κ1) is 8.86. The van der Waals surface area contributed by atoms with E-state index in [0.717, 1.165) is 11.5 Å². The smallest absolute Gasteiger partial charge is 0.127 e. The van der Waals surface area contributed by atoms with E-state index in [9.17, 15) is 0 Å². The number of nitrogens with zero attached hydrogens (tertiary/aromatic N) is 1. The molecule has 1 aromatic heterocycles. The highest BCUT2D eigenvalue weighted by Crippen LogP contribution is 2.27. The van der Waals surface area contributed by atoms with E-state index in [0.29, 0.717) is 5.56 Å². The van der Waals surface area contributed by atoms with Crippen LogP contribution in [0.2, 0.25) is 0 Å². The van der Waals surface area contributed by atoms with Crippen LogP contribution in [0.5, 0.6) is 0 Å². The SMILES string of the molecule is Cc1cc(C#N)c(C(C)(C)C)o1. The summed E-state index contributed by atoms with van der Waals surface area (Å²) in [5.74, 6) is 1.58. The first-order valence-electron chi connectivity index (χ1n) is 3.96. The number of furan rings is 1. The largest absolute Gasteiger partial charge is 0.464 e. The lowest BCUT2D eigenvalue weighted by atomic mass is 9.91. The zero-order valence-electron chi connectivity index (χ0n) is 7.93. The lowest BCUT2D eigenvalue weighted by Crippen LogP contribution is -2.11. The second-order valence-electron chi connectivity index (χ2n) is 3.96. The second kappa shape index (κ2) is 2.67. The summed E-state index contributed by atoms with van der Waals surface area (Å²) in [6, 6.07) is 3.91. The van der Waals surface area contributed by atoms with Crippen molar-refractivity contribution >= 4 is 0 Å². The molecule has 0 aliphatic heterocycles. The summed E-state index contributed by atoms with van der Waals surface area (Å²) in [7, 11) is 0. The summed E-state index contributed by atoms with van der Waals surface area (Å²) >= 11 is 0. The Morgan fingerprint density at radius 3 is 2.33 bits per heavy atom. The number of hydrogen-bond acceptors (Lipinski definition) is 2. The van der Waals surface area contributed by atoms with Crippen LogP contribution in [0.15, 0.2) is 10.5 Å². The lowest BCUT2D eigenvalue weighted by Gasteiger charge is -2.14. The highest BCUT2D eigenvalue weighted by molar-refractivity contribution is 5.36. The van der Waals surface area contributed by atoms with Gasteiger partial charge in [-0.3, -0.25) is 0 Å². The Morgan fingerprint density at radius 1 is 1.42 bits per heavy atom. The third-order valence-electron chi connectivity index (χ3n) is 1.66. The quantitative estimate of drug-likeness (QED) is 0.589. The number of nitriles is 1. The maximum Gasteiger partial charge on any atom is 0.127 e. The molecule has 0 aromatic carbocycles. The minimum Gasteiger partial charge on any atom is -0.464 e. The van der Waals surface area contributed by atoms with Gasteiger partial charge in [-0.25, -0.2) is 0 Å². The zero-order valence-corrected chi connectivity index (χ0v) is 7.93. The summed E-state index contributed by atoms with van der Waals surface area (Å²) < 4.78 is 5.45. The summed E-state index contributed by atoms with van der Waals surface area (Å²) in [5, 5.41) is 8.79. The molecule has 0 spiro atoms. The fourth-order valence-electron chi connectivity index (χ4n) is 1.15. The molecule has 0 N–H and O–H groups in total. The van der Waals surface area contributed by atoms with Crippen LogP contribution in [0.3, 0.4) is 0 Å². The fraction of sp³-hybridized carbons (Fsp3) is 0.500. The van der Waals surface area contributed by atoms with Gasteiger partial charge in [0.1, 0.15) is 17.6 Å². The third-order valence-corrected chi connectivity index (χ3v) is 1.66. The van der Waals surface area contributed by atoms with Crippen molar-refractivity contribution in [3.8, 4) is 6.07 Å². The summed E-state index contributed by atoms with van der Waals surface area (Å²) in [6.07, 6.45) is 0. The van der Waals surface area contributed by atoms with E-state index in [2.05, 4.69) is 6.07 Å². The molecule has 0 aliphatic rings. The first-order chi connectivity index (χ1) is 5.45. The minimum absolute atomic E-state index is 0.0840. The maximum atomic E-state index is 8.79. The molecule has 0 radical (unpaired) electrons. The number of rotatable bonds is 0. The molecule has 12 heavy (non-hydrogen) atoms. The Kier molecular flexibility index (Phi) is 1.97. The van der Waals surface area contributed by atoms with Gasteiger partial charge < -0.3 is 4.42 Å². The zero-order chi connectivity index (χ0) is 9.35. The molecule has 1 aromatic rings. The van der Waals surface area contributed by atoms with Crippen molar-refractivity contribution in [1.29, 1.82) is 5.26 Å². The molecule has 1 heterocycles. The number of hydrogen-bond donors (Lipinski definition) is 0. The Morgan fingerprint density at radius 2 is 2.00 bits per heavy atom. The van der Waals surface area contributed by atoms with Crippen LogP contribution in [-0.4, -0.2) is 0 Å². The van der Waals surface area contributed by atoms with Gasteiger partial charge in [0.25, 0.3) is 0 Å². The van der Waals surface area contributed by atoms with E-state index < -0.39 is 0 Å². The summed E-state index contributed by atoms with van der Waals surface area (Å²) in [4.78, 5) is 0. The van der Waals surface area contributed by atoms with Gasteiger partial charge in [0.05, 0.1) is 5.56 Å². The predicted octanol–water partition coefficient (Wildman–Crippen LogP) is 2.76. The third kappa shape index (κ3) is 1.50. The van der Waals surface area contributed by atoms with Crippen molar-refractivity contribution < 1.29 is 4.42 Å². The molecule has 0 atom stereocenters. The van der Waals surface area contributed by atoms with Crippen LogP contribution in [0.25, 0.3) is 0 Å². The Hall–Kier alpha value is -1.23. The Bertz CT molecular complexity index is 323. The molecule has 0 aliphatic carbocycles. The van der Waals surface area contributed by atoms with Gasteiger partial charge in [-0.05, 0) is 13.0 Å². The highest BCUT2D eigenvalue weighted by Gasteiger charge is 2.22. The monoisotopic (exact) mass is 163 g/mol. The normalized spacial score (nSPS) is 11.2. The van der Waals surface area contributed by atoms with Crippen molar-refractivity contribution in [3.05, 3.63) is 23.2 Å². The predicted molar refractivity (Wildman–Crippen MR) is 46.9 cm³/mol. The van der Waals surface area contributed by atoms with Crippen LogP contribution >= 0.6 is 0 Å². The van der Waals surface area contributed by atoms with Crippen molar-refractivity contribution in [2.24, 2.45) is 0 Å². The molecule has 0 bridgehead atoms. The summed E-state index contributed by atoms with van der Waals surface area (Å²) in [6.45, 7) is 7.96. The standard InChI is InChI=1S/C10H13NO/c1-7-5-8(6-11)9(12-7)10(2,3)4/h5H,1-4H3. The van der Waals surface area contributed by atoms with Gasteiger partial charge in [0.15, 0.2) is 0 Å².